The molecule has 1 aromatic heterocycles. The first kappa shape index (κ1) is 17.1. The Labute approximate surface area is 155 Å². The SMILES string of the molecule is Cc1c(C)c2ccc(OCC(=O)c3ccc4c(c3)OCCO4)cc2oc1=O. The quantitative estimate of drug-likeness (QED) is 0.520. The van der Waals surface area contributed by atoms with Gasteiger partial charge in [-0.1, -0.05) is 0 Å². The van der Waals surface area contributed by atoms with E-state index < -0.39 is 0 Å². The van der Waals surface area contributed by atoms with Gasteiger partial charge >= 0.3 is 5.63 Å². The van der Waals surface area contributed by atoms with Gasteiger partial charge in [0.05, 0.1) is 0 Å². The fourth-order valence-electron chi connectivity index (χ4n) is 2.97. The number of carbonyl (C=O) groups is 1. The average Bonchev–Trinajstić information content (AvgIpc) is 2.69. The summed E-state index contributed by atoms with van der Waals surface area (Å²) in [6, 6.07) is 10.3. The normalized spacial score (nSPS) is 12.8. The van der Waals surface area contributed by atoms with Crippen LogP contribution in [-0.4, -0.2) is 25.6 Å². The van der Waals surface area contributed by atoms with Crippen molar-refractivity contribution in [1.82, 2.24) is 0 Å². The van der Waals surface area contributed by atoms with E-state index >= 15 is 0 Å². The molecule has 0 atom stereocenters. The van der Waals surface area contributed by atoms with Crippen molar-refractivity contribution in [3.05, 3.63) is 63.5 Å². The number of ketones is 1. The van der Waals surface area contributed by atoms with E-state index in [1.165, 1.54) is 0 Å². The molecule has 0 spiro atoms. The Morgan fingerprint density at radius 2 is 1.78 bits per heavy atom. The summed E-state index contributed by atoms with van der Waals surface area (Å²) in [4.78, 5) is 24.3. The minimum absolute atomic E-state index is 0.139. The molecule has 4 rings (SSSR count). The van der Waals surface area contributed by atoms with E-state index in [0.29, 0.717) is 47.2 Å². The Bertz CT molecular complexity index is 1100. The standard InChI is InChI=1S/C21H18O6/c1-12-13(2)21(23)27-19-10-15(4-5-16(12)19)26-11-17(22)14-3-6-18-20(9-14)25-8-7-24-18/h3-6,9-10H,7-8,11H2,1-2H3. The van der Waals surface area contributed by atoms with Crippen LogP contribution in [0.3, 0.4) is 0 Å². The molecular weight excluding hydrogens is 348 g/mol. The first-order valence-corrected chi connectivity index (χ1v) is 8.62. The molecule has 0 amide bonds. The maximum Gasteiger partial charge on any atom is 0.339 e. The molecule has 0 unspecified atom stereocenters. The molecule has 0 saturated heterocycles. The van der Waals surface area contributed by atoms with Gasteiger partial charge in [0, 0.05) is 22.6 Å². The summed E-state index contributed by atoms with van der Waals surface area (Å²) in [5.74, 6) is 1.47. The van der Waals surface area contributed by atoms with Crippen LogP contribution >= 0.6 is 0 Å². The lowest BCUT2D eigenvalue weighted by Crippen LogP contribution is -2.17. The number of ether oxygens (including phenoxy) is 3. The highest BCUT2D eigenvalue weighted by molar-refractivity contribution is 5.98. The largest absolute Gasteiger partial charge is 0.486 e. The molecule has 2 aromatic carbocycles. The molecule has 6 nitrogen and oxygen atoms in total. The summed E-state index contributed by atoms with van der Waals surface area (Å²) in [6.07, 6.45) is 0. The van der Waals surface area contributed by atoms with Gasteiger partial charge < -0.3 is 18.6 Å². The van der Waals surface area contributed by atoms with Crippen LogP contribution in [0.25, 0.3) is 11.0 Å². The molecule has 3 aromatic rings. The van der Waals surface area contributed by atoms with E-state index in [2.05, 4.69) is 0 Å². The zero-order valence-electron chi connectivity index (χ0n) is 15.0. The summed E-state index contributed by atoms with van der Waals surface area (Å²) in [5, 5.41) is 0.845. The lowest BCUT2D eigenvalue weighted by molar-refractivity contribution is 0.0920. The third-order valence-corrected chi connectivity index (χ3v) is 4.66. The Hall–Kier alpha value is -3.28. The smallest absolute Gasteiger partial charge is 0.339 e. The molecule has 0 aliphatic carbocycles. The topological polar surface area (TPSA) is 75.0 Å². The third-order valence-electron chi connectivity index (χ3n) is 4.66. The Kier molecular flexibility index (Phi) is 4.32. The first-order chi connectivity index (χ1) is 13.0. The predicted octanol–water partition coefficient (Wildman–Crippen LogP) is 3.44. The average molecular weight is 366 g/mol. The van der Waals surface area contributed by atoms with Gasteiger partial charge in [-0.25, -0.2) is 4.79 Å². The molecule has 0 bridgehead atoms. The number of hydrogen-bond acceptors (Lipinski definition) is 6. The Morgan fingerprint density at radius 3 is 2.59 bits per heavy atom. The molecular formula is C21H18O6. The van der Waals surface area contributed by atoms with Gasteiger partial charge in [0.15, 0.2) is 23.9 Å². The fourth-order valence-corrected chi connectivity index (χ4v) is 2.97. The number of rotatable bonds is 4. The number of fused-ring (bicyclic) bond motifs is 2. The van der Waals surface area contributed by atoms with Gasteiger partial charge in [0.2, 0.25) is 0 Å². The lowest BCUT2D eigenvalue weighted by Gasteiger charge is -2.18. The zero-order valence-corrected chi connectivity index (χ0v) is 15.0. The molecule has 138 valence electrons. The van der Waals surface area contributed by atoms with Gasteiger partial charge in [0.25, 0.3) is 0 Å². The molecule has 1 aliphatic rings. The van der Waals surface area contributed by atoms with E-state index in [4.69, 9.17) is 18.6 Å². The molecule has 27 heavy (non-hydrogen) atoms. The summed E-state index contributed by atoms with van der Waals surface area (Å²) in [7, 11) is 0. The van der Waals surface area contributed by atoms with Crippen molar-refractivity contribution in [2.24, 2.45) is 0 Å². The van der Waals surface area contributed by atoms with E-state index in [-0.39, 0.29) is 18.0 Å². The molecule has 0 fully saturated rings. The second-order valence-corrected chi connectivity index (χ2v) is 6.37. The number of carbonyl (C=O) groups excluding carboxylic acids is 1. The highest BCUT2D eigenvalue weighted by Crippen LogP contribution is 2.31. The maximum atomic E-state index is 12.4. The molecule has 0 N–H and O–H groups in total. The minimum Gasteiger partial charge on any atom is -0.486 e. The van der Waals surface area contributed by atoms with Gasteiger partial charge in [-0.05, 0) is 49.7 Å². The summed E-state index contributed by atoms with van der Waals surface area (Å²) >= 11 is 0. The third kappa shape index (κ3) is 3.26. The van der Waals surface area contributed by atoms with E-state index in [1.807, 2.05) is 13.0 Å². The Morgan fingerprint density at radius 1 is 1.00 bits per heavy atom. The van der Waals surface area contributed by atoms with Crippen LogP contribution in [0, 0.1) is 13.8 Å². The van der Waals surface area contributed by atoms with E-state index in [0.717, 1.165) is 10.9 Å². The van der Waals surface area contributed by atoms with Crippen LogP contribution in [0.15, 0.2) is 45.6 Å². The predicted molar refractivity (Wildman–Crippen MR) is 99.2 cm³/mol. The van der Waals surface area contributed by atoms with Crippen LogP contribution in [0.4, 0.5) is 0 Å². The van der Waals surface area contributed by atoms with E-state index in [1.54, 1.807) is 37.3 Å². The fraction of sp³-hybridized carbons (Fsp3) is 0.238. The zero-order chi connectivity index (χ0) is 19.0. The van der Waals surface area contributed by atoms with Crippen LogP contribution in [0.1, 0.15) is 21.5 Å². The maximum absolute atomic E-state index is 12.4. The lowest BCUT2D eigenvalue weighted by atomic mass is 10.1. The Balaban J connectivity index is 1.52. The number of benzene rings is 2. The van der Waals surface area contributed by atoms with Crippen LogP contribution < -0.4 is 19.8 Å². The number of aryl methyl sites for hydroxylation is 1. The molecule has 0 radical (unpaired) electrons. The van der Waals surface area contributed by atoms with Crippen molar-refractivity contribution >= 4 is 16.8 Å². The van der Waals surface area contributed by atoms with Gasteiger partial charge in [-0.15, -0.1) is 0 Å². The summed E-state index contributed by atoms with van der Waals surface area (Å²) < 4.78 is 21.9. The van der Waals surface area contributed by atoms with Crippen molar-refractivity contribution in [3.63, 3.8) is 0 Å². The minimum atomic E-state index is -0.371. The van der Waals surface area contributed by atoms with Gasteiger partial charge in [-0.2, -0.15) is 0 Å². The second kappa shape index (κ2) is 6.79. The van der Waals surface area contributed by atoms with E-state index in [9.17, 15) is 9.59 Å². The van der Waals surface area contributed by atoms with Crippen molar-refractivity contribution in [2.45, 2.75) is 13.8 Å². The van der Waals surface area contributed by atoms with Gasteiger partial charge in [0.1, 0.15) is 24.5 Å². The molecule has 2 heterocycles. The number of Topliss-reactive ketones (excluding diaryl/α,β-unsaturated/α-hetero) is 1. The second-order valence-electron chi connectivity index (χ2n) is 6.37. The highest BCUT2D eigenvalue weighted by Gasteiger charge is 2.16. The summed E-state index contributed by atoms with van der Waals surface area (Å²) in [6.45, 7) is 4.43. The van der Waals surface area contributed by atoms with Crippen molar-refractivity contribution in [2.75, 3.05) is 19.8 Å². The monoisotopic (exact) mass is 366 g/mol. The van der Waals surface area contributed by atoms with Crippen molar-refractivity contribution in [3.8, 4) is 17.2 Å². The van der Waals surface area contributed by atoms with Crippen LogP contribution in [0.2, 0.25) is 0 Å². The molecule has 1 aliphatic heterocycles. The molecule has 6 heteroatoms. The summed E-state index contributed by atoms with van der Waals surface area (Å²) in [5.41, 5.74) is 2.01. The van der Waals surface area contributed by atoms with Gasteiger partial charge in [-0.3, -0.25) is 4.79 Å². The first-order valence-electron chi connectivity index (χ1n) is 8.62. The van der Waals surface area contributed by atoms with Crippen molar-refractivity contribution < 1.29 is 23.4 Å². The highest BCUT2D eigenvalue weighted by atomic mass is 16.6. The van der Waals surface area contributed by atoms with Crippen LogP contribution in [0.5, 0.6) is 17.2 Å². The van der Waals surface area contributed by atoms with Crippen molar-refractivity contribution in [1.29, 1.82) is 0 Å². The number of hydrogen-bond donors (Lipinski definition) is 0. The molecule has 0 saturated carbocycles. The van der Waals surface area contributed by atoms with Crippen LogP contribution in [-0.2, 0) is 0 Å².